The highest BCUT2D eigenvalue weighted by atomic mass is 16.3. The smallest absolute Gasteiger partial charge is 0.105 e. The van der Waals surface area contributed by atoms with E-state index in [-0.39, 0.29) is 0 Å². The van der Waals surface area contributed by atoms with E-state index in [4.69, 9.17) is 4.42 Å². The van der Waals surface area contributed by atoms with Gasteiger partial charge in [0.25, 0.3) is 0 Å². The van der Waals surface area contributed by atoms with E-state index >= 15 is 0 Å². The van der Waals surface area contributed by atoms with Crippen LogP contribution in [0.4, 0.5) is 0 Å². The van der Waals surface area contributed by atoms with Crippen LogP contribution in [0.1, 0.15) is 45.8 Å². The SMILES string of the molecule is CC(Cc1ccco1)NC1C(C)CCCC1C. The molecule has 2 rings (SSSR count). The molecule has 0 aliphatic heterocycles. The van der Waals surface area contributed by atoms with Gasteiger partial charge >= 0.3 is 0 Å². The Morgan fingerprint density at radius 3 is 2.65 bits per heavy atom. The third-order valence-electron chi connectivity index (χ3n) is 4.11. The van der Waals surface area contributed by atoms with Crippen molar-refractivity contribution in [2.45, 2.75) is 58.5 Å². The van der Waals surface area contributed by atoms with Crippen molar-refractivity contribution in [1.82, 2.24) is 5.32 Å². The maximum absolute atomic E-state index is 5.41. The quantitative estimate of drug-likeness (QED) is 0.862. The molecule has 3 unspecified atom stereocenters. The van der Waals surface area contributed by atoms with E-state index in [0.717, 1.165) is 24.0 Å². The van der Waals surface area contributed by atoms with Crippen LogP contribution < -0.4 is 5.32 Å². The van der Waals surface area contributed by atoms with Gasteiger partial charge in [-0.05, 0) is 43.7 Å². The van der Waals surface area contributed by atoms with Crippen LogP contribution in [-0.4, -0.2) is 12.1 Å². The van der Waals surface area contributed by atoms with Crippen molar-refractivity contribution in [2.24, 2.45) is 11.8 Å². The lowest BCUT2D eigenvalue weighted by atomic mass is 9.78. The van der Waals surface area contributed by atoms with Crippen LogP contribution in [0.2, 0.25) is 0 Å². The molecule has 96 valence electrons. The fourth-order valence-corrected chi connectivity index (χ4v) is 3.13. The molecule has 0 saturated heterocycles. The van der Waals surface area contributed by atoms with Gasteiger partial charge in [-0.3, -0.25) is 0 Å². The van der Waals surface area contributed by atoms with Gasteiger partial charge in [0.1, 0.15) is 5.76 Å². The minimum atomic E-state index is 0.495. The second-order valence-corrected chi connectivity index (χ2v) is 5.76. The van der Waals surface area contributed by atoms with Gasteiger partial charge in [0.2, 0.25) is 0 Å². The third kappa shape index (κ3) is 3.35. The van der Waals surface area contributed by atoms with Gasteiger partial charge in [0.15, 0.2) is 0 Å². The van der Waals surface area contributed by atoms with Gasteiger partial charge in [0.05, 0.1) is 6.26 Å². The summed E-state index contributed by atoms with van der Waals surface area (Å²) < 4.78 is 5.41. The van der Waals surface area contributed by atoms with Crippen molar-refractivity contribution in [3.05, 3.63) is 24.2 Å². The molecule has 1 N–H and O–H groups in total. The zero-order valence-corrected chi connectivity index (χ0v) is 11.3. The average Bonchev–Trinajstić information content (AvgIpc) is 2.76. The zero-order chi connectivity index (χ0) is 12.3. The van der Waals surface area contributed by atoms with Gasteiger partial charge in [-0.1, -0.05) is 20.3 Å². The van der Waals surface area contributed by atoms with Crippen LogP contribution in [0.5, 0.6) is 0 Å². The minimum Gasteiger partial charge on any atom is -0.469 e. The highest BCUT2D eigenvalue weighted by molar-refractivity contribution is 5.00. The van der Waals surface area contributed by atoms with E-state index in [1.165, 1.54) is 19.3 Å². The monoisotopic (exact) mass is 235 g/mol. The maximum atomic E-state index is 5.41. The van der Waals surface area contributed by atoms with Gasteiger partial charge < -0.3 is 9.73 Å². The van der Waals surface area contributed by atoms with Crippen molar-refractivity contribution in [2.75, 3.05) is 0 Å². The summed E-state index contributed by atoms with van der Waals surface area (Å²) in [5.74, 6) is 2.69. The summed E-state index contributed by atoms with van der Waals surface area (Å²) in [6.45, 7) is 7.02. The summed E-state index contributed by atoms with van der Waals surface area (Å²) in [6, 6.07) is 5.20. The Balaban J connectivity index is 1.86. The average molecular weight is 235 g/mol. The van der Waals surface area contributed by atoms with Crippen LogP contribution in [0.25, 0.3) is 0 Å². The van der Waals surface area contributed by atoms with Crippen molar-refractivity contribution < 1.29 is 4.42 Å². The number of rotatable bonds is 4. The molecule has 0 amide bonds. The van der Waals surface area contributed by atoms with Gasteiger partial charge in [-0.25, -0.2) is 0 Å². The molecule has 17 heavy (non-hydrogen) atoms. The highest BCUT2D eigenvalue weighted by Crippen LogP contribution is 2.29. The Hall–Kier alpha value is -0.760. The summed E-state index contributed by atoms with van der Waals surface area (Å²) in [7, 11) is 0. The summed E-state index contributed by atoms with van der Waals surface area (Å²) in [6.07, 6.45) is 6.88. The zero-order valence-electron chi connectivity index (χ0n) is 11.3. The van der Waals surface area contributed by atoms with Gasteiger partial charge in [-0.15, -0.1) is 0 Å². The van der Waals surface area contributed by atoms with E-state index in [9.17, 15) is 0 Å². The molecule has 2 nitrogen and oxygen atoms in total. The molecule has 1 aliphatic carbocycles. The van der Waals surface area contributed by atoms with Crippen molar-refractivity contribution in [3.63, 3.8) is 0 Å². The maximum Gasteiger partial charge on any atom is 0.105 e. The van der Waals surface area contributed by atoms with Crippen LogP contribution in [0.3, 0.4) is 0 Å². The highest BCUT2D eigenvalue weighted by Gasteiger charge is 2.28. The summed E-state index contributed by atoms with van der Waals surface area (Å²) >= 11 is 0. The van der Waals surface area contributed by atoms with E-state index in [1.807, 2.05) is 6.07 Å². The Morgan fingerprint density at radius 1 is 1.35 bits per heavy atom. The normalized spacial score (nSPS) is 31.4. The molecule has 0 aromatic carbocycles. The van der Waals surface area contributed by atoms with Gasteiger partial charge in [0, 0.05) is 18.5 Å². The number of nitrogens with one attached hydrogen (secondary N) is 1. The number of furan rings is 1. The van der Waals surface area contributed by atoms with Gasteiger partial charge in [-0.2, -0.15) is 0 Å². The molecule has 0 bridgehead atoms. The predicted octanol–water partition coefficient (Wildman–Crippen LogP) is 3.62. The fraction of sp³-hybridized carbons (Fsp3) is 0.733. The first-order valence-electron chi connectivity index (χ1n) is 6.95. The Bertz CT molecular complexity index is 310. The number of hydrogen-bond acceptors (Lipinski definition) is 2. The van der Waals surface area contributed by atoms with E-state index in [2.05, 4.69) is 32.2 Å². The lowest BCUT2D eigenvalue weighted by molar-refractivity contribution is 0.194. The van der Waals surface area contributed by atoms with Crippen LogP contribution >= 0.6 is 0 Å². The number of hydrogen-bond donors (Lipinski definition) is 1. The molecular weight excluding hydrogens is 210 g/mol. The topological polar surface area (TPSA) is 25.2 Å². The summed E-state index contributed by atoms with van der Waals surface area (Å²) in [5, 5.41) is 3.80. The van der Waals surface area contributed by atoms with Crippen molar-refractivity contribution >= 4 is 0 Å². The molecule has 1 aliphatic rings. The van der Waals surface area contributed by atoms with Crippen LogP contribution in [-0.2, 0) is 6.42 Å². The van der Waals surface area contributed by atoms with Crippen molar-refractivity contribution in [1.29, 1.82) is 0 Å². The molecular formula is C15H25NO. The summed E-state index contributed by atoms with van der Waals surface area (Å²) in [4.78, 5) is 0. The summed E-state index contributed by atoms with van der Waals surface area (Å²) in [5.41, 5.74) is 0. The third-order valence-corrected chi connectivity index (χ3v) is 4.11. The first kappa shape index (κ1) is 12.7. The molecule has 1 aromatic rings. The Morgan fingerprint density at radius 2 is 2.06 bits per heavy atom. The molecule has 1 aromatic heterocycles. The molecule has 1 saturated carbocycles. The Kier molecular flexibility index (Phi) is 4.27. The second kappa shape index (κ2) is 5.72. The molecule has 0 spiro atoms. The molecule has 0 radical (unpaired) electrons. The van der Waals surface area contributed by atoms with E-state index in [0.29, 0.717) is 12.1 Å². The van der Waals surface area contributed by atoms with E-state index in [1.54, 1.807) is 6.26 Å². The van der Waals surface area contributed by atoms with Crippen LogP contribution in [0.15, 0.2) is 22.8 Å². The largest absolute Gasteiger partial charge is 0.469 e. The lowest BCUT2D eigenvalue weighted by Gasteiger charge is -2.37. The van der Waals surface area contributed by atoms with E-state index < -0.39 is 0 Å². The minimum absolute atomic E-state index is 0.495. The lowest BCUT2D eigenvalue weighted by Crippen LogP contribution is -2.47. The molecule has 1 fully saturated rings. The second-order valence-electron chi connectivity index (χ2n) is 5.76. The predicted molar refractivity (Wildman–Crippen MR) is 71.0 cm³/mol. The molecule has 3 atom stereocenters. The first-order valence-corrected chi connectivity index (χ1v) is 6.95. The standard InChI is InChI=1S/C15H25NO/c1-11-6-4-7-12(2)15(11)16-13(3)10-14-8-5-9-17-14/h5,8-9,11-13,15-16H,4,6-7,10H2,1-3H3. The first-order chi connectivity index (χ1) is 8.16. The molecule has 1 heterocycles. The molecule has 2 heteroatoms. The van der Waals surface area contributed by atoms with Crippen molar-refractivity contribution in [3.8, 4) is 0 Å². The fourth-order valence-electron chi connectivity index (χ4n) is 3.13. The Labute approximate surface area is 105 Å². The van der Waals surface area contributed by atoms with Crippen LogP contribution in [0, 0.1) is 11.8 Å².